The van der Waals surface area contributed by atoms with E-state index in [2.05, 4.69) is 31.7 Å². The van der Waals surface area contributed by atoms with E-state index in [0.29, 0.717) is 5.69 Å². The van der Waals surface area contributed by atoms with E-state index in [1.807, 2.05) is 6.07 Å². The smallest absolute Gasteiger partial charge is 0.240 e. The van der Waals surface area contributed by atoms with E-state index in [0.717, 1.165) is 37.9 Å². The van der Waals surface area contributed by atoms with Gasteiger partial charge < -0.3 is 25.7 Å². The maximum Gasteiger partial charge on any atom is 0.240 e. The molecule has 2 aromatic heterocycles. The van der Waals surface area contributed by atoms with Crippen LogP contribution in [0.3, 0.4) is 0 Å². The minimum Gasteiger partial charge on any atom is -0.434 e. The monoisotopic (exact) mass is 451 g/mol. The van der Waals surface area contributed by atoms with Gasteiger partial charge in [0.05, 0.1) is 17.3 Å². The molecule has 1 fully saturated rings. The van der Waals surface area contributed by atoms with Gasteiger partial charge in [0.2, 0.25) is 5.88 Å². The van der Waals surface area contributed by atoms with E-state index in [1.54, 1.807) is 19.1 Å². The van der Waals surface area contributed by atoms with Gasteiger partial charge in [-0.2, -0.15) is 5.26 Å². The first-order valence-electron chi connectivity index (χ1n) is 10.4. The number of nitrogens with two attached hydrogens (primary N) is 1. The van der Waals surface area contributed by atoms with Crippen LogP contribution in [0.1, 0.15) is 23.0 Å². The lowest BCUT2D eigenvalue weighted by molar-refractivity contribution is 0.282. The maximum atomic E-state index is 15.0. The van der Waals surface area contributed by atoms with Gasteiger partial charge in [-0.25, -0.2) is 18.7 Å². The first kappa shape index (κ1) is 22.4. The number of ether oxygens (including phenoxy) is 1. The first-order chi connectivity index (χ1) is 15.9. The Bertz CT molecular complexity index is 1270. The maximum absolute atomic E-state index is 15.0. The number of allylic oxidation sites excluding steroid dienone is 2. The average Bonchev–Trinajstić information content (AvgIpc) is 3.23. The highest BCUT2D eigenvalue weighted by molar-refractivity contribution is 5.83. The second-order valence-corrected chi connectivity index (χ2v) is 7.61. The van der Waals surface area contributed by atoms with E-state index in [1.165, 1.54) is 12.4 Å². The number of aromatic amines is 1. The highest BCUT2D eigenvalue weighted by Crippen LogP contribution is 2.34. The molecule has 0 spiro atoms. The minimum absolute atomic E-state index is 0.0403. The molecule has 1 atom stereocenters. The van der Waals surface area contributed by atoms with Crippen molar-refractivity contribution in [1.82, 2.24) is 25.2 Å². The summed E-state index contributed by atoms with van der Waals surface area (Å²) >= 11 is 0. The van der Waals surface area contributed by atoms with Crippen molar-refractivity contribution in [1.29, 1.82) is 5.26 Å². The number of nitrogens with zero attached hydrogens (tertiary/aromatic N) is 4. The average molecular weight is 451 g/mol. The fourth-order valence-electron chi connectivity index (χ4n) is 3.90. The van der Waals surface area contributed by atoms with Crippen molar-refractivity contribution >= 4 is 10.9 Å². The largest absolute Gasteiger partial charge is 0.434 e. The molecule has 1 aliphatic heterocycles. The Labute approximate surface area is 189 Å². The lowest BCUT2D eigenvalue weighted by Crippen LogP contribution is -2.44. The molecule has 170 valence electrons. The molecular weight excluding hydrogens is 428 g/mol. The van der Waals surface area contributed by atoms with Crippen molar-refractivity contribution in [3.05, 3.63) is 71.5 Å². The van der Waals surface area contributed by atoms with Gasteiger partial charge in [-0.15, -0.1) is 0 Å². The molecule has 10 heteroatoms. The molecule has 3 heterocycles. The minimum atomic E-state index is -0.780. The molecular formula is C23H23F2N7O. The molecule has 4 N–H and O–H groups in total. The molecule has 0 bridgehead atoms. The van der Waals surface area contributed by atoms with Crippen molar-refractivity contribution < 1.29 is 13.5 Å². The second-order valence-electron chi connectivity index (χ2n) is 7.61. The molecule has 33 heavy (non-hydrogen) atoms. The van der Waals surface area contributed by atoms with Crippen LogP contribution in [0, 0.1) is 29.9 Å². The molecule has 1 unspecified atom stereocenters. The van der Waals surface area contributed by atoms with Crippen molar-refractivity contribution in [2.75, 3.05) is 26.2 Å². The highest BCUT2D eigenvalue weighted by atomic mass is 19.1. The van der Waals surface area contributed by atoms with Gasteiger partial charge in [-0.3, -0.25) is 0 Å². The summed E-state index contributed by atoms with van der Waals surface area (Å²) in [7, 11) is 0. The van der Waals surface area contributed by atoms with Crippen molar-refractivity contribution in [2.24, 2.45) is 5.73 Å². The number of piperazine rings is 1. The van der Waals surface area contributed by atoms with Crippen LogP contribution in [0.25, 0.3) is 10.9 Å². The van der Waals surface area contributed by atoms with E-state index in [4.69, 9.17) is 10.5 Å². The summed E-state index contributed by atoms with van der Waals surface area (Å²) in [4.78, 5) is 13.1. The Morgan fingerprint density at radius 1 is 1.33 bits per heavy atom. The van der Waals surface area contributed by atoms with Gasteiger partial charge in [0, 0.05) is 49.0 Å². The summed E-state index contributed by atoms with van der Waals surface area (Å²) in [6.07, 6.45) is 4.58. The van der Waals surface area contributed by atoms with Gasteiger partial charge in [-0.05, 0) is 19.1 Å². The Morgan fingerprint density at radius 3 is 2.79 bits per heavy atom. The van der Waals surface area contributed by atoms with E-state index in [-0.39, 0.29) is 28.0 Å². The molecule has 1 aliphatic rings. The summed E-state index contributed by atoms with van der Waals surface area (Å²) < 4.78 is 35.1. The lowest BCUT2D eigenvalue weighted by Gasteiger charge is -2.34. The number of rotatable bonds is 6. The summed E-state index contributed by atoms with van der Waals surface area (Å²) in [5, 5.41) is 13.2. The zero-order chi connectivity index (χ0) is 23.5. The van der Waals surface area contributed by atoms with Crippen molar-refractivity contribution in [3.63, 3.8) is 0 Å². The molecule has 0 saturated carbocycles. The van der Waals surface area contributed by atoms with Crippen molar-refractivity contribution in [3.8, 4) is 17.7 Å². The number of hydrogen-bond acceptors (Lipinski definition) is 7. The van der Waals surface area contributed by atoms with Crippen molar-refractivity contribution in [2.45, 2.75) is 13.0 Å². The number of aryl methyl sites for hydroxylation is 1. The summed E-state index contributed by atoms with van der Waals surface area (Å²) in [5.74, 6) is -2.05. The standard InChI is InChI=1S/C23H23F2N7O/c1-3-4-17(32-7-5-28-6-8-32)20(27)22-15(11-26)23(30-12-29-22)33-18-10-16(24)21-14(19(18)25)9-13(2)31-21/h3-4,9-10,12,20,28,31H,1,5-8,27H2,2H3/b17-4+. The third-order valence-corrected chi connectivity index (χ3v) is 5.45. The van der Waals surface area contributed by atoms with Crippen LogP contribution in [0.2, 0.25) is 0 Å². The molecule has 1 saturated heterocycles. The topological polar surface area (TPSA) is 116 Å². The molecule has 1 aromatic carbocycles. The van der Waals surface area contributed by atoms with E-state index < -0.39 is 23.4 Å². The molecule has 0 aliphatic carbocycles. The Kier molecular flexibility index (Phi) is 6.35. The summed E-state index contributed by atoms with van der Waals surface area (Å²) in [5.41, 5.74) is 8.04. The van der Waals surface area contributed by atoms with Crippen LogP contribution in [0.4, 0.5) is 8.78 Å². The predicted molar refractivity (Wildman–Crippen MR) is 119 cm³/mol. The Balaban J connectivity index is 1.73. The van der Waals surface area contributed by atoms with Crippen LogP contribution in [-0.4, -0.2) is 46.0 Å². The fourth-order valence-corrected chi connectivity index (χ4v) is 3.90. The zero-order valence-corrected chi connectivity index (χ0v) is 18.0. The number of fused-ring (bicyclic) bond motifs is 1. The molecule has 0 radical (unpaired) electrons. The molecule has 3 aromatic rings. The molecule has 8 nitrogen and oxygen atoms in total. The SMILES string of the molecule is C=C/C=C(\C(N)c1ncnc(Oc2cc(F)c3[nH]c(C)cc3c2F)c1C#N)N1CCNCC1. The predicted octanol–water partition coefficient (Wildman–Crippen LogP) is 3.18. The molecule has 0 amide bonds. The number of benzene rings is 1. The summed E-state index contributed by atoms with van der Waals surface area (Å²) in [6, 6.07) is 3.62. The van der Waals surface area contributed by atoms with Gasteiger partial charge in [-0.1, -0.05) is 12.7 Å². The Morgan fingerprint density at radius 2 is 2.09 bits per heavy atom. The summed E-state index contributed by atoms with van der Waals surface area (Å²) in [6.45, 7) is 8.48. The van der Waals surface area contributed by atoms with Crippen LogP contribution in [0.15, 0.2) is 42.9 Å². The number of nitriles is 1. The number of halogens is 2. The van der Waals surface area contributed by atoms with E-state index in [9.17, 15) is 9.65 Å². The lowest BCUT2D eigenvalue weighted by atomic mass is 10.0. The van der Waals surface area contributed by atoms with Gasteiger partial charge in [0.25, 0.3) is 0 Å². The quantitative estimate of drug-likeness (QED) is 0.493. The Hall–Kier alpha value is -3.81. The number of aromatic nitrogens is 3. The van der Waals surface area contributed by atoms with Crippen LogP contribution in [0.5, 0.6) is 11.6 Å². The number of hydrogen-bond donors (Lipinski definition) is 3. The van der Waals surface area contributed by atoms with Crippen LogP contribution < -0.4 is 15.8 Å². The second kappa shape index (κ2) is 9.36. The van der Waals surface area contributed by atoms with Gasteiger partial charge >= 0.3 is 0 Å². The van der Waals surface area contributed by atoms with Crippen LogP contribution >= 0.6 is 0 Å². The van der Waals surface area contributed by atoms with Gasteiger partial charge in [0.1, 0.15) is 18.0 Å². The fraction of sp³-hybridized carbons (Fsp3) is 0.261. The normalized spacial score (nSPS) is 15.4. The first-order valence-corrected chi connectivity index (χ1v) is 10.4. The third-order valence-electron chi connectivity index (χ3n) is 5.45. The molecule has 4 rings (SSSR count). The number of H-pyrrole nitrogens is 1. The third kappa shape index (κ3) is 4.28. The zero-order valence-electron chi connectivity index (χ0n) is 18.0. The highest BCUT2D eigenvalue weighted by Gasteiger charge is 2.26. The van der Waals surface area contributed by atoms with E-state index >= 15 is 4.39 Å². The van der Waals surface area contributed by atoms with Crippen LogP contribution in [-0.2, 0) is 0 Å². The number of nitrogens with one attached hydrogen (secondary N) is 2. The van der Waals surface area contributed by atoms with Gasteiger partial charge in [0.15, 0.2) is 17.4 Å².